The monoisotopic (exact) mass is 363 g/mol. The van der Waals surface area contributed by atoms with Gasteiger partial charge in [0.25, 0.3) is 0 Å². The molecular formula is C18H25N3O3S. The van der Waals surface area contributed by atoms with Crippen molar-refractivity contribution in [2.75, 3.05) is 18.6 Å². The third-order valence-corrected chi connectivity index (χ3v) is 7.44. The molecule has 2 aliphatic rings. The Kier molecular flexibility index (Phi) is 4.33. The van der Waals surface area contributed by atoms with E-state index in [-0.39, 0.29) is 17.5 Å². The van der Waals surface area contributed by atoms with Crippen molar-refractivity contribution in [2.24, 2.45) is 0 Å². The quantitative estimate of drug-likeness (QED) is 0.865. The summed E-state index contributed by atoms with van der Waals surface area (Å²) in [5, 5.41) is 11.3. The zero-order valence-electron chi connectivity index (χ0n) is 14.5. The highest BCUT2D eigenvalue weighted by atomic mass is 32.2. The minimum atomic E-state index is -3.15. The van der Waals surface area contributed by atoms with Crippen LogP contribution in [0.15, 0.2) is 18.3 Å². The molecule has 4 rings (SSSR count). The van der Waals surface area contributed by atoms with Crippen LogP contribution in [0.1, 0.15) is 42.9 Å². The van der Waals surface area contributed by atoms with E-state index in [4.69, 9.17) is 0 Å². The van der Waals surface area contributed by atoms with Gasteiger partial charge in [-0.25, -0.2) is 13.4 Å². The van der Waals surface area contributed by atoms with Crippen molar-refractivity contribution in [3.8, 4) is 0 Å². The molecule has 1 saturated carbocycles. The van der Waals surface area contributed by atoms with Gasteiger partial charge < -0.3 is 10.1 Å². The molecule has 0 radical (unpaired) electrons. The van der Waals surface area contributed by atoms with Gasteiger partial charge >= 0.3 is 0 Å². The lowest BCUT2D eigenvalue weighted by molar-refractivity contribution is 0.0958. The van der Waals surface area contributed by atoms with Crippen LogP contribution in [0.25, 0.3) is 11.0 Å². The van der Waals surface area contributed by atoms with Crippen LogP contribution in [0.5, 0.6) is 0 Å². The van der Waals surface area contributed by atoms with Gasteiger partial charge in [0.05, 0.1) is 23.7 Å². The summed E-state index contributed by atoms with van der Waals surface area (Å²) in [5.41, 5.74) is 3.34. The molecule has 2 atom stereocenters. The van der Waals surface area contributed by atoms with Crippen LogP contribution in [-0.4, -0.2) is 59.1 Å². The topological polar surface area (TPSA) is 86.3 Å². The van der Waals surface area contributed by atoms with Crippen LogP contribution in [-0.2, 0) is 16.4 Å². The first-order chi connectivity index (χ1) is 11.9. The fourth-order valence-corrected chi connectivity index (χ4v) is 6.30. The molecular weight excluding hydrogens is 338 g/mol. The number of aliphatic hydroxyl groups excluding tert-OH is 1. The van der Waals surface area contributed by atoms with E-state index >= 15 is 0 Å². The number of pyridine rings is 1. The van der Waals surface area contributed by atoms with Gasteiger partial charge in [-0.1, -0.05) is 12.8 Å². The maximum atomic E-state index is 11.8. The molecule has 0 amide bonds. The predicted molar refractivity (Wildman–Crippen MR) is 97.2 cm³/mol. The lowest BCUT2D eigenvalue weighted by Gasteiger charge is -2.26. The summed E-state index contributed by atoms with van der Waals surface area (Å²) in [7, 11) is -1.24. The highest BCUT2D eigenvalue weighted by Gasteiger charge is 2.39. The number of fused-ring (bicyclic) bond motifs is 1. The molecule has 2 fully saturated rings. The molecule has 0 bridgehead atoms. The fraction of sp³-hybridized carbons (Fsp3) is 0.611. The van der Waals surface area contributed by atoms with Crippen molar-refractivity contribution in [1.29, 1.82) is 0 Å². The smallest absolute Gasteiger partial charge is 0.154 e. The largest absolute Gasteiger partial charge is 0.390 e. The molecule has 1 saturated heterocycles. The molecule has 0 aromatic carbocycles. The summed E-state index contributed by atoms with van der Waals surface area (Å²) in [4.78, 5) is 9.96. The van der Waals surface area contributed by atoms with Gasteiger partial charge in [0, 0.05) is 23.8 Å². The molecule has 2 aromatic heterocycles. The minimum Gasteiger partial charge on any atom is -0.390 e. The lowest BCUT2D eigenvalue weighted by atomic mass is 9.98. The minimum absolute atomic E-state index is 0.0318. The number of nitrogens with one attached hydrogen (secondary N) is 1. The Bertz CT molecular complexity index is 871. The van der Waals surface area contributed by atoms with Gasteiger partial charge in [-0.05, 0) is 43.5 Å². The van der Waals surface area contributed by atoms with Crippen molar-refractivity contribution >= 4 is 20.9 Å². The number of aromatic nitrogens is 2. The Morgan fingerprint density at radius 3 is 2.76 bits per heavy atom. The summed E-state index contributed by atoms with van der Waals surface area (Å²) in [6.45, 7) is 0.620. The van der Waals surface area contributed by atoms with Crippen molar-refractivity contribution in [3.63, 3.8) is 0 Å². The number of nitrogens with zero attached hydrogens (tertiary/aromatic N) is 2. The summed E-state index contributed by atoms with van der Waals surface area (Å²) < 4.78 is 23.7. The van der Waals surface area contributed by atoms with Gasteiger partial charge in [-0.15, -0.1) is 0 Å². The number of aliphatic hydroxyl groups is 1. The van der Waals surface area contributed by atoms with E-state index < -0.39 is 15.9 Å². The van der Waals surface area contributed by atoms with Gasteiger partial charge in [0.1, 0.15) is 5.65 Å². The standard InChI is InChI=1S/C18H25N3O3S/c1-21(15-10-25(23,24)11-16(15)22)9-14-13-7-4-8-19-18(13)20-17(14)12-5-2-3-6-12/h4,7-8,12,15-16,22H,2-3,5-6,9-11H2,1H3,(H,19,20)/t15-,16-/m1/s1. The molecule has 0 spiro atoms. The van der Waals surface area contributed by atoms with Crippen LogP contribution < -0.4 is 0 Å². The second-order valence-corrected chi connectivity index (χ2v) is 9.68. The van der Waals surface area contributed by atoms with Crippen molar-refractivity contribution in [1.82, 2.24) is 14.9 Å². The van der Waals surface area contributed by atoms with Crippen molar-refractivity contribution in [3.05, 3.63) is 29.6 Å². The van der Waals surface area contributed by atoms with E-state index in [0.717, 1.165) is 11.0 Å². The van der Waals surface area contributed by atoms with Gasteiger partial charge in [0.2, 0.25) is 0 Å². The van der Waals surface area contributed by atoms with E-state index in [1.165, 1.54) is 36.9 Å². The van der Waals surface area contributed by atoms with Crippen LogP contribution in [0, 0.1) is 0 Å². The lowest BCUT2D eigenvalue weighted by Crippen LogP contribution is -2.40. The predicted octanol–water partition coefficient (Wildman–Crippen LogP) is 1.81. The molecule has 2 N–H and O–H groups in total. The average Bonchev–Trinajstić information content (AvgIpc) is 3.25. The van der Waals surface area contributed by atoms with Gasteiger partial charge in [0.15, 0.2) is 9.84 Å². The summed E-state index contributed by atoms with van der Waals surface area (Å²) >= 11 is 0. The molecule has 1 aliphatic heterocycles. The first-order valence-electron chi connectivity index (χ1n) is 8.99. The number of H-pyrrole nitrogens is 1. The SMILES string of the molecule is CN(Cc1c(C2CCCC2)[nH]c2ncccc12)[C@@H]1CS(=O)(=O)C[C@H]1O. The number of likely N-dealkylation sites (N-methyl/N-ethyl adjacent to an activating group) is 1. The molecule has 25 heavy (non-hydrogen) atoms. The zero-order valence-corrected chi connectivity index (χ0v) is 15.3. The van der Waals surface area contributed by atoms with E-state index in [2.05, 4.69) is 16.0 Å². The first kappa shape index (κ1) is 17.0. The maximum Gasteiger partial charge on any atom is 0.154 e. The molecule has 7 heteroatoms. The van der Waals surface area contributed by atoms with Crippen LogP contribution in [0.2, 0.25) is 0 Å². The fourth-order valence-electron chi connectivity index (χ4n) is 4.43. The van der Waals surface area contributed by atoms with Gasteiger partial charge in [-0.3, -0.25) is 4.90 Å². The Labute approximate surface area is 148 Å². The molecule has 2 aromatic rings. The van der Waals surface area contributed by atoms with E-state index in [9.17, 15) is 13.5 Å². The Morgan fingerprint density at radius 2 is 2.08 bits per heavy atom. The Hall–Kier alpha value is -1.44. The molecule has 1 aliphatic carbocycles. The van der Waals surface area contributed by atoms with Crippen molar-refractivity contribution < 1.29 is 13.5 Å². The Balaban J connectivity index is 1.67. The first-order valence-corrected chi connectivity index (χ1v) is 10.8. The highest BCUT2D eigenvalue weighted by molar-refractivity contribution is 7.91. The molecule has 0 unspecified atom stereocenters. The van der Waals surface area contributed by atoms with Crippen LogP contribution in [0.4, 0.5) is 0 Å². The second-order valence-electron chi connectivity index (χ2n) is 7.52. The van der Waals surface area contributed by atoms with Crippen LogP contribution in [0.3, 0.4) is 0 Å². The van der Waals surface area contributed by atoms with E-state index in [1.54, 1.807) is 6.20 Å². The maximum absolute atomic E-state index is 11.8. The number of sulfone groups is 1. The summed E-state index contributed by atoms with van der Waals surface area (Å²) in [6, 6.07) is 3.66. The van der Waals surface area contributed by atoms with E-state index in [0.29, 0.717) is 12.5 Å². The third kappa shape index (κ3) is 3.20. The summed E-state index contributed by atoms with van der Waals surface area (Å²) in [6.07, 6.45) is 5.85. The van der Waals surface area contributed by atoms with Gasteiger partial charge in [-0.2, -0.15) is 0 Å². The summed E-state index contributed by atoms with van der Waals surface area (Å²) in [5.74, 6) is 0.423. The molecule has 6 nitrogen and oxygen atoms in total. The van der Waals surface area contributed by atoms with E-state index in [1.807, 2.05) is 18.0 Å². The number of hydrogen-bond acceptors (Lipinski definition) is 5. The zero-order chi connectivity index (χ0) is 17.6. The third-order valence-electron chi connectivity index (χ3n) is 5.74. The van der Waals surface area contributed by atoms with Crippen LogP contribution >= 0.6 is 0 Å². The highest BCUT2D eigenvalue weighted by Crippen LogP contribution is 2.38. The molecule has 3 heterocycles. The van der Waals surface area contributed by atoms with Crippen molar-refractivity contribution in [2.45, 2.75) is 50.3 Å². The number of hydrogen-bond donors (Lipinski definition) is 2. The molecule has 136 valence electrons. The Morgan fingerprint density at radius 1 is 1.32 bits per heavy atom. The normalized spacial score (nSPS) is 26.8. The number of aromatic amines is 1. The average molecular weight is 363 g/mol. The number of rotatable bonds is 4. The second kappa shape index (κ2) is 6.37.